The normalized spacial score (nSPS) is 10.6. The van der Waals surface area contributed by atoms with Crippen LogP contribution in [0.4, 0.5) is 11.6 Å². The molecule has 0 radical (unpaired) electrons. The lowest BCUT2D eigenvalue weighted by molar-refractivity contribution is 0.934. The highest BCUT2D eigenvalue weighted by atomic mass is 32.1. The zero-order chi connectivity index (χ0) is 15.1. The van der Waals surface area contributed by atoms with Crippen LogP contribution in [-0.4, -0.2) is 28.0 Å². The smallest absolute Gasteiger partial charge is 0.134 e. The Morgan fingerprint density at radius 1 is 1.10 bits per heavy atom. The van der Waals surface area contributed by atoms with E-state index < -0.39 is 0 Å². The molecular weight excluding hydrogens is 282 g/mol. The molecule has 21 heavy (non-hydrogen) atoms. The van der Waals surface area contributed by atoms with Gasteiger partial charge in [0.1, 0.15) is 18.0 Å². The van der Waals surface area contributed by atoms with Crippen molar-refractivity contribution < 1.29 is 0 Å². The monoisotopic (exact) mass is 305 g/mol. The van der Waals surface area contributed by atoms with Gasteiger partial charge in [0.25, 0.3) is 0 Å². The first kappa shape index (κ1) is 15.7. The van der Waals surface area contributed by atoms with Gasteiger partial charge >= 0.3 is 0 Å². The number of aryl methyl sites for hydroxylation is 1. The van der Waals surface area contributed by atoms with Gasteiger partial charge in [-0.1, -0.05) is 13.8 Å². The van der Waals surface area contributed by atoms with E-state index >= 15 is 0 Å². The highest BCUT2D eigenvalue weighted by Crippen LogP contribution is 2.20. The Bertz CT molecular complexity index is 567. The Balaban J connectivity index is 1.98. The molecule has 114 valence electrons. The number of hydrogen-bond donors (Lipinski definition) is 2. The molecule has 0 atom stereocenters. The number of thiazole rings is 1. The third-order valence-electron chi connectivity index (χ3n) is 3.14. The second kappa shape index (κ2) is 7.93. The molecule has 0 aliphatic heterocycles. The molecule has 0 spiro atoms. The van der Waals surface area contributed by atoms with E-state index in [1.54, 1.807) is 17.7 Å². The predicted octanol–water partition coefficient (Wildman–Crippen LogP) is 3.28. The van der Waals surface area contributed by atoms with Crippen molar-refractivity contribution in [3.05, 3.63) is 28.0 Å². The molecule has 2 rings (SSSR count). The first-order chi connectivity index (χ1) is 10.2. The molecule has 0 aliphatic rings. The van der Waals surface area contributed by atoms with Crippen LogP contribution < -0.4 is 10.6 Å². The van der Waals surface area contributed by atoms with E-state index in [2.05, 4.69) is 44.8 Å². The van der Waals surface area contributed by atoms with E-state index in [0.717, 1.165) is 60.3 Å². The Morgan fingerprint density at radius 3 is 2.38 bits per heavy atom. The highest BCUT2D eigenvalue weighted by Gasteiger charge is 2.09. The molecule has 0 bridgehead atoms. The lowest BCUT2D eigenvalue weighted by atomic mass is 10.2. The van der Waals surface area contributed by atoms with Crippen LogP contribution in [-0.2, 0) is 12.8 Å². The summed E-state index contributed by atoms with van der Waals surface area (Å²) in [6.07, 6.45) is 4.53. The maximum Gasteiger partial charge on any atom is 0.134 e. The fraction of sp³-hybridized carbons (Fsp3) is 0.533. The van der Waals surface area contributed by atoms with E-state index in [1.807, 2.05) is 6.92 Å². The minimum Gasteiger partial charge on any atom is -0.370 e. The van der Waals surface area contributed by atoms with Crippen LogP contribution >= 0.6 is 11.3 Å². The Kier molecular flexibility index (Phi) is 5.92. The summed E-state index contributed by atoms with van der Waals surface area (Å²) in [6.45, 7) is 8.07. The SMILES string of the molecule is CCCNc1ncnc(NCCc2nc(C)cs2)c1CC. The van der Waals surface area contributed by atoms with Crippen LogP contribution in [0.15, 0.2) is 11.7 Å². The second-order valence-corrected chi connectivity index (χ2v) is 5.83. The van der Waals surface area contributed by atoms with E-state index in [0.29, 0.717) is 0 Å². The van der Waals surface area contributed by atoms with E-state index in [-0.39, 0.29) is 0 Å². The fourth-order valence-electron chi connectivity index (χ4n) is 2.10. The molecule has 2 aromatic rings. The van der Waals surface area contributed by atoms with Gasteiger partial charge in [-0.3, -0.25) is 0 Å². The molecule has 0 aliphatic carbocycles. The summed E-state index contributed by atoms with van der Waals surface area (Å²) in [6, 6.07) is 0. The first-order valence-corrected chi connectivity index (χ1v) is 8.35. The van der Waals surface area contributed by atoms with Crippen LogP contribution in [0.5, 0.6) is 0 Å². The summed E-state index contributed by atoms with van der Waals surface area (Å²) >= 11 is 1.71. The number of hydrogen-bond acceptors (Lipinski definition) is 6. The zero-order valence-electron chi connectivity index (χ0n) is 12.9. The van der Waals surface area contributed by atoms with Gasteiger partial charge < -0.3 is 10.6 Å². The number of anilines is 2. The second-order valence-electron chi connectivity index (χ2n) is 4.89. The minimum absolute atomic E-state index is 0.837. The van der Waals surface area contributed by atoms with Gasteiger partial charge in [0.05, 0.1) is 5.01 Å². The topological polar surface area (TPSA) is 62.7 Å². The van der Waals surface area contributed by atoms with Crippen LogP contribution in [0.1, 0.15) is 36.5 Å². The van der Waals surface area contributed by atoms with Crippen molar-refractivity contribution in [3.8, 4) is 0 Å². The molecule has 0 aromatic carbocycles. The van der Waals surface area contributed by atoms with E-state index in [1.165, 1.54) is 0 Å². The third kappa shape index (κ3) is 4.39. The van der Waals surface area contributed by atoms with Crippen LogP contribution in [0.3, 0.4) is 0 Å². The number of aromatic nitrogens is 3. The van der Waals surface area contributed by atoms with Crippen molar-refractivity contribution in [1.82, 2.24) is 15.0 Å². The number of nitrogens with one attached hydrogen (secondary N) is 2. The summed E-state index contributed by atoms with van der Waals surface area (Å²) in [5.74, 6) is 1.88. The lowest BCUT2D eigenvalue weighted by Gasteiger charge is -2.13. The average Bonchev–Trinajstić information content (AvgIpc) is 2.90. The standard InChI is InChI=1S/C15H23N5S/c1-4-7-16-14-12(5-2)15(19-10-18-14)17-8-6-13-20-11(3)9-21-13/h9-10H,4-8H2,1-3H3,(H2,16,17,18,19). The Morgan fingerprint density at radius 2 is 1.81 bits per heavy atom. The molecule has 0 saturated heterocycles. The minimum atomic E-state index is 0.837. The molecule has 6 heteroatoms. The van der Waals surface area contributed by atoms with Gasteiger partial charge in [0, 0.05) is 36.1 Å². The summed E-state index contributed by atoms with van der Waals surface area (Å²) in [5, 5.41) is 10.0. The summed E-state index contributed by atoms with van der Waals surface area (Å²) < 4.78 is 0. The predicted molar refractivity (Wildman–Crippen MR) is 89.2 cm³/mol. The third-order valence-corrected chi connectivity index (χ3v) is 4.17. The maximum atomic E-state index is 4.48. The lowest BCUT2D eigenvalue weighted by Crippen LogP contribution is -2.12. The average molecular weight is 305 g/mol. The van der Waals surface area contributed by atoms with Gasteiger partial charge in [0.2, 0.25) is 0 Å². The van der Waals surface area contributed by atoms with Crippen molar-refractivity contribution in [2.24, 2.45) is 0 Å². The number of nitrogens with zero attached hydrogens (tertiary/aromatic N) is 3. The van der Waals surface area contributed by atoms with Gasteiger partial charge in [-0.05, 0) is 19.8 Å². The quantitative estimate of drug-likeness (QED) is 0.783. The van der Waals surface area contributed by atoms with E-state index in [9.17, 15) is 0 Å². The summed E-state index contributed by atoms with van der Waals surface area (Å²) in [4.78, 5) is 13.2. The van der Waals surface area contributed by atoms with Crippen molar-refractivity contribution in [3.63, 3.8) is 0 Å². The van der Waals surface area contributed by atoms with E-state index in [4.69, 9.17) is 0 Å². The molecule has 2 heterocycles. The van der Waals surface area contributed by atoms with Crippen LogP contribution in [0.2, 0.25) is 0 Å². The maximum absolute atomic E-state index is 4.48. The molecule has 0 unspecified atom stereocenters. The molecule has 0 saturated carbocycles. The van der Waals surface area contributed by atoms with Gasteiger partial charge in [-0.25, -0.2) is 15.0 Å². The van der Waals surface area contributed by atoms with Crippen molar-refractivity contribution in [2.45, 2.75) is 40.0 Å². The molecule has 5 nitrogen and oxygen atoms in total. The summed E-state index contributed by atoms with van der Waals surface area (Å²) in [5.41, 5.74) is 2.25. The van der Waals surface area contributed by atoms with Gasteiger partial charge in [0.15, 0.2) is 0 Å². The van der Waals surface area contributed by atoms with Crippen LogP contribution in [0, 0.1) is 6.92 Å². The molecule has 0 amide bonds. The highest BCUT2D eigenvalue weighted by molar-refractivity contribution is 7.09. The van der Waals surface area contributed by atoms with Crippen molar-refractivity contribution >= 4 is 23.0 Å². The van der Waals surface area contributed by atoms with Crippen molar-refractivity contribution in [1.29, 1.82) is 0 Å². The fourth-order valence-corrected chi connectivity index (χ4v) is 2.88. The molecular formula is C15H23N5S. The van der Waals surface area contributed by atoms with Crippen molar-refractivity contribution in [2.75, 3.05) is 23.7 Å². The molecule has 2 N–H and O–H groups in total. The summed E-state index contributed by atoms with van der Waals surface area (Å²) in [7, 11) is 0. The van der Waals surface area contributed by atoms with Crippen LogP contribution in [0.25, 0.3) is 0 Å². The Labute approximate surface area is 130 Å². The zero-order valence-corrected chi connectivity index (χ0v) is 13.8. The van der Waals surface area contributed by atoms with Gasteiger partial charge in [-0.15, -0.1) is 11.3 Å². The molecule has 2 aromatic heterocycles. The molecule has 0 fully saturated rings. The number of rotatable bonds is 8. The Hall–Kier alpha value is -1.69. The first-order valence-electron chi connectivity index (χ1n) is 7.47. The largest absolute Gasteiger partial charge is 0.370 e. The van der Waals surface area contributed by atoms with Gasteiger partial charge in [-0.2, -0.15) is 0 Å².